The molecule has 1 rings (SSSR count). The maximum Gasteiger partial charge on any atom is 0.460 e. The Morgan fingerprint density at radius 2 is 1.57 bits per heavy atom. The van der Waals surface area contributed by atoms with E-state index in [4.69, 9.17) is 5.26 Å². The van der Waals surface area contributed by atoms with E-state index in [-0.39, 0.29) is 0 Å². The number of ether oxygens (including phenoxy) is 1. The van der Waals surface area contributed by atoms with Crippen molar-refractivity contribution >= 4 is 0 Å². The van der Waals surface area contributed by atoms with Crippen LogP contribution in [0.1, 0.15) is 5.56 Å². The summed E-state index contributed by atoms with van der Waals surface area (Å²) in [5.74, 6) is -20.6. The first-order valence-corrected chi connectivity index (χ1v) is 5.46. The van der Waals surface area contributed by atoms with Crippen LogP contribution < -0.4 is 4.74 Å². The van der Waals surface area contributed by atoms with Crippen molar-refractivity contribution in [2.45, 2.75) is 23.9 Å². The molecule has 0 bridgehead atoms. The Hall–Kier alpha value is -2.19. The average molecular weight is 352 g/mol. The van der Waals surface area contributed by atoms with Gasteiger partial charge in [0.05, 0.1) is 0 Å². The highest BCUT2D eigenvalue weighted by Crippen LogP contribution is 2.53. The van der Waals surface area contributed by atoms with Crippen molar-refractivity contribution in [3.8, 4) is 11.9 Å². The minimum atomic E-state index is -6.99. The SMILES string of the molecule is N#Cc1cccnc1OCC(F)(F)C(F)(F)C(F)(F)C(F)(F)F. The number of halogens is 9. The fourth-order valence-electron chi connectivity index (χ4n) is 1.25. The quantitative estimate of drug-likeness (QED) is 0.758. The Morgan fingerprint density at radius 3 is 2.04 bits per heavy atom. The van der Waals surface area contributed by atoms with Crippen molar-refractivity contribution in [3.63, 3.8) is 0 Å². The molecule has 0 aliphatic carbocycles. The van der Waals surface area contributed by atoms with Crippen LogP contribution in [0.15, 0.2) is 18.3 Å². The molecule has 3 nitrogen and oxygen atoms in total. The van der Waals surface area contributed by atoms with Gasteiger partial charge >= 0.3 is 23.9 Å². The van der Waals surface area contributed by atoms with Crippen molar-refractivity contribution in [1.29, 1.82) is 5.26 Å². The molecule has 0 aromatic carbocycles. The molecule has 0 aliphatic heterocycles. The number of hydrogen-bond acceptors (Lipinski definition) is 3. The van der Waals surface area contributed by atoms with Crippen LogP contribution >= 0.6 is 0 Å². The van der Waals surface area contributed by atoms with Gasteiger partial charge in [-0.2, -0.15) is 44.8 Å². The minimum Gasteiger partial charge on any atom is -0.470 e. The Kier molecular flexibility index (Phi) is 4.74. The second kappa shape index (κ2) is 5.78. The smallest absolute Gasteiger partial charge is 0.460 e. The van der Waals surface area contributed by atoms with E-state index in [0.29, 0.717) is 0 Å². The number of pyridine rings is 1. The molecule has 1 heterocycles. The predicted molar refractivity (Wildman–Crippen MR) is 55.3 cm³/mol. The Balaban J connectivity index is 3.05. The summed E-state index contributed by atoms with van der Waals surface area (Å²) in [6.07, 6.45) is -6.00. The van der Waals surface area contributed by atoms with Crippen molar-refractivity contribution in [2.75, 3.05) is 6.61 Å². The van der Waals surface area contributed by atoms with E-state index in [1.165, 1.54) is 6.07 Å². The van der Waals surface area contributed by atoms with Crippen LogP contribution in [0.25, 0.3) is 0 Å². The summed E-state index contributed by atoms with van der Waals surface area (Å²) in [5, 5.41) is 8.57. The maximum atomic E-state index is 13.2. The highest BCUT2D eigenvalue weighted by atomic mass is 19.4. The molecule has 0 saturated carbocycles. The first-order chi connectivity index (χ1) is 10.3. The molecule has 0 aliphatic rings. The molecule has 0 amide bonds. The summed E-state index contributed by atoms with van der Waals surface area (Å²) in [7, 11) is 0. The zero-order valence-corrected chi connectivity index (χ0v) is 10.6. The van der Waals surface area contributed by atoms with Crippen LogP contribution in [0.5, 0.6) is 5.88 Å². The third kappa shape index (κ3) is 3.27. The van der Waals surface area contributed by atoms with Crippen molar-refractivity contribution in [3.05, 3.63) is 23.9 Å². The third-order valence-corrected chi connectivity index (χ3v) is 2.49. The maximum absolute atomic E-state index is 13.2. The summed E-state index contributed by atoms with van der Waals surface area (Å²) in [6.45, 7) is -2.54. The summed E-state index contributed by atoms with van der Waals surface area (Å²) in [4.78, 5) is 3.21. The van der Waals surface area contributed by atoms with Gasteiger partial charge in [-0.05, 0) is 12.1 Å². The standard InChI is InChI=1S/C11H5F9N2O/c12-8(13,9(14,15)10(16,17)11(18,19)20)5-23-7-6(4-21)2-1-3-22-7/h1-3H,5H2. The van der Waals surface area contributed by atoms with Crippen LogP contribution in [0.4, 0.5) is 39.5 Å². The number of nitriles is 1. The molecular formula is C11H5F9N2O. The average Bonchev–Trinajstić information content (AvgIpc) is 2.43. The summed E-state index contributed by atoms with van der Waals surface area (Å²) < 4.78 is 117. The zero-order valence-electron chi connectivity index (χ0n) is 10.6. The van der Waals surface area contributed by atoms with Gasteiger partial charge < -0.3 is 4.74 Å². The van der Waals surface area contributed by atoms with Crippen molar-refractivity contribution < 1.29 is 44.3 Å². The van der Waals surface area contributed by atoms with Crippen LogP contribution in [0.2, 0.25) is 0 Å². The van der Waals surface area contributed by atoms with Gasteiger partial charge in [-0.1, -0.05) is 0 Å². The molecule has 128 valence electrons. The molecule has 0 unspecified atom stereocenters. The Bertz CT molecular complexity index is 606. The number of alkyl halides is 9. The molecule has 0 fully saturated rings. The number of rotatable bonds is 5. The molecule has 0 spiro atoms. The molecule has 0 radical (unpaired) electrons. The largest absolute Gasteiger partial charge is 0.470 e. The number of aromatic nitrogens is 1. The van der Waals surface area contributed by atoms with Gasteiger partial charge in [0.1, 0.15) is 11.6 Å². The molecule has 1 aromatic rings. The van der Waals surface area contributed by atoms with E-state index in [0.717, 1.165) is 18.3 Å². The first-order valence-electron chi connectivity index (χ1n) is 5.46. The van der Waals surface area contributed by atoms with Crippen molar-refractivity contribution in [2.24, 2.45) is 0 Å². The second-order valence-electron chi connectivity index (χ2n) is 4.11. The van der Waals surface area contributed by atoms with Crippen LogP contribution in [-0.4, -0.2) is 35.5 Å². The Labute approximate surface area is 122 Å². The van der Waals surface area contributed by atoms with Gasteiger partial charge in [0.25, 0.3) is 0 Å². The summed E-state index contributed by atoms with van der Waals surface area (Å²) >= 11 is 0. The molecule has 0 saturated heterocycles. The van der Waals surface area contributed by atoms with Gasteiger partial charge in [0, 0.05) is 6.20 Å². The van der Waals surface area contributed by atoms with E-state index in [1.54, 1.807) is 0 Å². The normalized spacial score (nSPS) is 13.6. The highest BCUT2D eigenvalue weighted by Gasteiger charge is 2.81. The highest BCUT2D eigenvalue weighted by molar-refractivity contribution is 5.37. The predicted octanol–water partition coefficient (Wildman–Crippen LogP) is 3.80. The lowest BCUT2D eigenvalue weighted by molar-refractivity contribution is -0.398. The molecular weight excluding hydrogens is 347 g/mol. The van der Waals surface area contributed by atoms with E-state index in [2.05, 4.69) is 9.72 Å². The van der Waals surface area contributed by atoms with E-state index < -0.39 is 42.0 Å². The zero-order chi connectivity index (χ0) is 18.1. The lowest BCUT2D eigenvalue weighted by Gasteiger charge is -2.33. The Morgan fingerprint density at radius 1 is 1.00 bits per heavy atom. The van der Waals surface area contributed by atoms with E-state index in [9.17, 15) is 39.5 Å². The van der Waals surface area contributed by atoms with E-state index >= 15 is 0 Å². The lowest BCUT2D eigenvalue weighted by Crippen LogP contribution is -2.62. The number of hydrogen-bond donors (Lipinski definition) is 0. The van der Waals surface area contributed by atoms with Gasteiger partial charge in [-0.25, -0.2) is 4.98 Å². The van der Waals surface area contributed by atoms with Crippen LogP contribution in [0.3, 0.4) is 0 Å². The lowest BCUT2D eigenvalue weighted by atomic mass is 10.0. The fourth-order valence-corrected chi connectivity index (χ4v) is 1.25. The first kappa shape index (κ1) is 18.9. The molecule has 1 aromatic heterocycles. The van der Waals surface area contributed by atoms with Crippen LogP contribution in [-0.2, 0) is 0 Å². The molecule has 0 N–H and O–H groups in total. The summed E-state index contributed by atoms with van der Waals surface area (Å²) in [6, 6.07) is 3.50. The van der Waals surface area contributed by atoms with Crippen LogP contribution in [0, 0.1) is 11.3 Å². The van der Waals surface area contributed by atoms with Gasteiger partial charge in [0.15, 0.2) is 6.61 Å². The topological polar surface area (TPSA) is 45.9 Å². The molecule has 12 heteroatoms. The third-order valence-electron chi connectivity index (χ3n) is 2.49. The molecule has 0 atom stereocenters. The van der Waals surface area contributed by atoms with Gasteiger partial charge in [0.2, 0.25) is 5.88 Å². The van der Waals surface area contributed by atoms with E-state index in [1.807, 2.05) is 0 Å². The number of nitrogens with zero attached hydrogens (tertiary/aromatic N) is 2. The fraction of sp³-hybridized carbons (Fsp3) is 0.455. The second-order valence-corrected chi connectivity index (χ2v) is 4.11. The van der Waals surface area contributed by atoms with Crippen molar-refractivity contribution in [1.82, 2.24) is 4.98 Å². The minimum absolute atomic E-state index is 0.505. The monoisotopic (exact) mass is 352 g/mol. The molecule has 23 heavy (non-hydrogen) atoms. The van der Waals surface area contributed by atoms with Gasteiger partial charge in [-0.15, -0.1) is 0 Å². The summed E-state index contributed by atoms with van der Waals surface area (Å²) in [5.41, 5.74) is -0.505. The van der Waals surface area contributed by atoms with Gasteiger partial charge in [-0.3, -0.25) is 0 Å².